The number of aromatic nitrogens is 4. The third-order valence-electron chi connectivity index (χ3n) is 4.17. The Hall–Kier alpha value is -2.70. The van der Waals surface area contributed by atoms with Crippen LogP contribution in [0.3, 0.4) is 0 Å². The zero-order valence-corrected chi connectivity index (χ0v) is 12.7. The molecule has 0 saturated carbocycles. The third kappa shape index (κ3) is 2.55. The summed E-state index contributed by atoms with van der Waals surface area (Å²) >= 11 is 0. The number of pyridine rings is 2. The lowest BCUT2D eigenvalue weighted by Gasteiger charge is -2.15. The smallest absolute Gasteiger partial charge is 0.280 e. The second-order valence-electron chi connectivity index (χ2n) is 5.94. The average molecular weight is 328 g/mol. The minimum Gasteiger partial charge on any atom is -0.289 e. The van der Waals surface area contributed by atoms with Crippen LogP contribution in [-0.4, -0.2) is 25.4 Å². The van der Waals surface area contributed by atoms with E-state index in [2.05, 4.69) is 15.0 Å². The molecule has 3 aromatic heterocycles. The summed E-state index contributed by atoms with van der Waals surface area (Å²) in [5.41, 5.74) is 1.47. The maximum absolute atomic E-state index is 13.8. The van der Waals surface area contributed by atoms with Crippen molar-refractivity contribution in [3.8, 4) is 11.3 Å². The standard InChI is InChI=1S/C17H14F2N4O/c18-17(19)6-3-5-14-22-13-8-11(12-4-1-2-7-20-12)9-21-15(13)16(24)23(14)10-17/h1-2,4,7-9H,3,5-6,10H2. The second kappa shape index (κ2) is 5.43. The van der Waals surface area contributed by atoms with Gasteiger partial charge < -0.3 is 0 Å². The summed E-state index contributed by atoms with van der Waals surface area (Å²) in [6.45, 7) is -0.631. The summed E-state index contributed by atoms with van der Waals surface area (Å²) < 4.78 is 28.7. The molecule has 0 fully saturated rings. The molecule has 0 aliphatic carbocycles. The van der Waals surface area contributed by atoms with E-state index in [0.717, 1.165) is 15.8 Å². The van der Waals surface area contributed by atoms with Gasteiger partial charge in [-0.25, -0.2) is 18.7 Å². The predicted molar refractivity (Wildman–Crippen MR) is 84.9 cm³/mol. The Kier molecular flexibility index (Phi) is 3.37. The van der Waals surface area contributed by atoms with Gasteiger partial charge in [-0.2, -0.15) is 0 Å². The molecule has 0 saturated heterocycles. The molecule has 0 radical (unpaired) electrons. The van der Waals surface area contributed by atoms with Gasteiger partial charge in [0.05, 0.1) is 17.8 Å². The van der Waals surface area contributed by atoms with Crippen molar-refractivity contribution in [2.45, 2.75) is 31.7 Å². The predicted octanol–water partition coefficient (Wildman–Crippen LogP) is 2.83. The van der Waals surface area contributed by atoms with Crippen LogP contribution in [0.1, 0.15) is 18.7 Å². The van der Waals surface area contributed by atoms with E-state index in [1.54, 1.807) is 12.3 Å². The molecular weight excluding hydrogens is 314 g/mol. The van der Waals surface area contributed by atoms with E-state index in [1.807, 2.05) is 18.2 Å². The Labute approximate surface area is 136 Å². The van der Waals surface area contributed by atoms with Gasteiger partial charge in [-0.1, -0.05) is 6.07 Å². The number of hydrogen-bond acceptors (Lipinski definition) is 4. The van der Waals surface area contributed by atoms with E-state index in [1.165, 1.54) is 6.20 Å². The van der Waals surface area contributed by atoms with Gasteiger partial charge in [0.25, 0.3) is 11.5 Å². The lowest BCUT2D eigenvalue weighted by atomic mass is 10.1. The molecule has 0 spiro atoms. The number of nitrogens with zero attached hydrogens (tertiary/aromatic N) is 4. The zero-order chi connectivity index (χ0) is 16.7. The maximum atomic E-state index is 13.8. The van der Waals surface area contributed by atoms with Crippen molar-refractivity contribution >= 4 is 11.0 Å². The molecule has 0 aromatic carbocycles. The number of halogens is 2. The summed E-state index contributed by atoms with van der Waals surface area (Å²) in [5.74, 6) is -2.50. The molecule has 7 heteroatoms. The van der Waals surface area contributed by atoms with Crippen LogP contribution < -0.4 is 5.56 Å². The second-order valence-corrected chi connectivity index (χ2v) is 5.94. The fourth-order valence-electron chi connectivity index (χ4n) is 2.99. The van der Waals surface area contributed by atoms with Crippen LogP contribution in [0, 0.1) is 0 Å². The number of rotatable bonds is 1. The molecule has 3 aromatic rings. The molecule has 24 heavy (non-hydrogen) atoms. The van der Waals surface area contributed by atoms with Crippen molar-refractivity contribution in [3.05, 3.63) is 52.8 Å². The molecule has 1 aliphatic heterocycles. The van der Waals surface area contributed by atoms with Gasteiger partial charge in [0.2, 0.25) is 0 Å². The molecule has 0 N–H and O–H groups in total. The van der Waals surface area contributed by atoms with Gasteiger partial charge in [-0.3, -0.25) is 14.3 Å². The highest BCUT2D eigenvalue weighted by atomic mass is 19.3. The van der Waals surface area contributed by atoms with Crippen LogP contribution >= 0.6 is 0 Å². The number of aryl methyl sites for hydroxylation is 1. The van der Waals surface area contributed by atoms with E-state index in [0.29, 0.717) is 24.2 Å². The zero-order valence-electron chi connectivity index (χ0n) is 12.7. The van der Waals surface area contributed by atoms with Crippen molar-refractivity contribution in [1.82, 2.24) is 19.5 Å². The van der Waals surface area contributed by atoms with E-state index in [9.17, 15) is 13.6 Å². The van der Waals surface area contributed by atoms with Gasteiger partial charge in [-0.05, 0) is 24.6 Å². The van der Waals surface area contributed by atoms with Gasteiger partial charge >= 0.3 is 0 Å². The minimum atomic E-state index is -2.89. The molecule has 1 aliphatic rings. The molecule has 4 heterocycles. The van der Waals surface area contributed by atoms with Crippen LogP contribution in [0.5, 0.6) is 0 Å². The van der Waals surface area contributed by atoms with E-state index >= 15 is 0 Å². The highest BCUT2D eigenvalue weighted by molar-refractivity contribution is 5.78. The first-order valence-electron chi connectivity index (χ1n) is 7.72. The molecule has 0 bridgehead atoms. The molecule has 0 atom stereocenters. The molecule has 0 amide bonds. The quantitative estimate of drug-likeness (QED) is 0.689. The Morgan fingerprint density at radius 1 is 1.21 bits per heavy atom. The fourth-order valence-corrected chi connectivity index (χ4v) is 2.99. The number of fused-ring (bicyclic) bond motifs is 2. The van der Waals surface area contributed by atoms with E-state index < -0.39 is 18.0 Å². The van der Waals surface area contributed by atoms with Crippen molar-refractivity contribution < 1.29 is 8.78 Å². The molecular formula is C17H14F2N4O. The SMILES string of the molecule is O=c1c2ncc(-c3ccccn3)cc2nc2n1CC(F)(F)CCC2. The van der Waals surface area contributed by atoms with Gasteiger partial charge in [-0.15, -0.1) is 0 Å². The molecule has 4 rings (SSSR count). The maximum Gasteiger partial charge on any atom is 0.280 e. The van der Waals surface area contributed by atoms with Crippen LogP contribution in [0.4, 0.5) is 8.78 Å². The highest BCUT2D eigenvalue weighted by Crippen LogP contribution is 2.27. The average Bonchev–Trinajstić information content (AvgIpc) is 2.73. The third-order valence-corrected chi connectivity index (χ3v) is 4.17. The molecule has 0 unspecified atom stereocenters. The number of hydrogen-bond donors (Lipinski definition) is 0. The highest BCUT2D eigenvalue weighted by Gasteiger charge is 2.33. The minimum absolute atomic E-state index is 0.108. The lowest BCUT2D eigenvalue weighted by Crippen LogP contribution is -2.32. The molecule has 122 valence electrons. The monoisotopic (exact) mass is 328 g/mol. The van der Waals surface area contributed by atoms with Gasteiger partial charge in [0.15, 0.2) is 5.52 Å². The normalized spacial score (nSPS) is 16.6. The summed E-state index contributed by atoms with van der Waals surface area (Å²) in [4.78, 5) is 25.4. The first-order valence-corrected chi connectivity index (χ1v) is 7.72. The van der Waals surface area contributed by atoms with Crippen LogP contribution in [0.15, 0.2) is 41.5 Å². The summed E-state index contributed by atoms with van der Waals surface area (Å²) in [7, 11) is 0. The first kappa shape index (κ1) is 14.9. The van der Waals surface area contributed by atoms with Crippen molar-refractivity contribution in [3.63, 3.8) is 0 Å². The van der Waals surface area contributed by atoms with E-state index in [4.69, 9.17) is 0 Å². The first-order chi connectivity index (χ1) is 11.5. The van der Waals surface area contributed by atoms with Crippen LogP contribution in [0.2, 0.25) is 0 Å². The largest absolute Gasteiger partial charge is 0.289 e. The Bertz CT molecular complexity index is 969. The summed E-state index contributed by atoms with van der Waals surface area (Å²) in [6, 6.07) is 7.23. The summed E-state index contributed by atoms with van der Waals surface area (Å²) in [6.07, 6.45) is 3.61. The van der Waals surface area contributed by atoms with Crippen molar-refractivity contribution in [2.24, 2.45) is 0 Å². The molecule has 5 nitrogen and oxygen atoms in total. The Balaban J connectivity index is 1.90. The topological polar surface area (TPSA) is 60.7 Å². The van der Waals surface area contributed by atoms with Gasteiger partial charge in [0.1, 0.15) is 5.82 Å². The number of alkyl halides is 2. The Morgan fingerprint density at radius 3 is 2.88 bits per heavy atom. The Morgan fingerprint density at radius 2 is 2.08 bits per heavy atom. The van der Waals surface area contributed by atoms with E-state index in [-0.39, 0.29) is 11.9 Å². The fraction of sp³-hybridized carbons (Fsp3) is 0.294. The lowest BCUT2D eigenvalue weighted by molar-refractivity contribution is -0.0228. The van der Waals surface area contributed by atoms with Crippen molar-refractivity contribution in [1.29, 1.82) is 0 Å². The van der Waals surface area contributed by atoms with Gasteiger partial charge in [0, 0.05) is 30.8 Å². The van der Waals surface area contributed by atoms with Crippen molar-refractivity contribution in [2.75, 3.05) is 0 Å². The van der Waals surface area contributed by atoms with Crippen LogP contribution in [0.25, 0.3) is 22.3 Å². The summed E-state index contributed by atoms with van der Waals surface area (Å²) in [5, 5.41) is 0. The van der Waals surface area contributed by atoms with Crippen LogP contribution in [-0.2, 0) is 13.0 Å².